The summed E-state index contributed by atoms with van der Waals surface area (Å²) in [6, 6.07) is 10.9. The second-order valence-electron chi connectivity index (χ2n) is 7.24. The summed E-state index contributed by atoms with van der Waals surface area (Å²) in [5.41, 5.74) is 1.92. The second kappa shape index (κ2) is 10.9. The van der Waals surface area contributed by atoms with Crippen LogP contribution in [0.4, 0.5) is 0 Å². The topological polar surface area (TPSA) is 54.0 Å². The van der Waals surface area contributed by atoms with E-state index in [9.17, 15) is 4.79 Å². The van der Waals surface area contributed by atoms with Gasteiger partial charge in [0.05, 0.1) is 18.8 Å². The summed E-state index contributed by atoms with van der Waals surface area (Å²) in [5, 5.41) is 0. The minimum absolute atomic E-state index is 0.0543. The van der Waals surface area contributed by atoms with Crippen molar-refractivity contribution in [1.82, 2.24) is 0 Å². The minimum Gasteiger partial charge on any atom is -0.493 e. The Hall–Kier alpha value is -2.53. The number of ether oxygens (including phenoxy) is 4. The third-order valence-electron chi connectivity index (χ3n) is 4.57. The largest absolute Gasteiger partial charge is 0.493 e. The first-order chi connectivity index (χ1) is 13.9. The number of hydrogen-bond donors (Lipinski definition) is 0. The normalized spacial score (nSPS) is 12.0. The minimum atomic E-state index is -0.467. The fourth-order valence-electron chi connectivity index (χ4n) is 2.96. The molecule has 0 amide bonds. The van der Waals surface area contributed by atoms with Crippen LogP contribution in [0.2, 0.25) is 0 Å². The van der Waals surface area contributed by atoms with Crippen LogP contribution in [0.3, 0.4) is 0 Å². The molecule has 0 aliphatic rings. The summed E-state index contributed by atoms with van der Waals surface area (Å²) >= 11 is 0. The van der Waals surface area contributed by atoms with Gasteiger partial charge in [-0.05, 0) is 52.3 Å². The highest BCUT2D eigenvalue weighted by Gasteiger charge is 2.27. The lowest BCUT2D eigenvalue weighted by Gasteiger charge is -2.24. The molecule has 29 heavy (non-hydrogen) atoms. The molecule has 2 rings (SSSR count). The van der Waals surface area contributed by atoms with Crippen LogP contribution in [0.5, 0.6) is 17.2 Å². The summed E-state index contributed by atoms with van der Waals surface area (Å²) in [6.07, 6.45) is 1.63. The maximum atomic E-state index is 13.1. The van der Waals surface area contributed by atoms with Crippen LogP contribution in [0.1, 0.15) is 68.1 Å². The molecular weight excluding hydrogens is 368 g/mol. The summed E-state index contributed by atoms with van der Waals surface area (Å²) in [6.45, 7) is 10.3. The Kier molecular flexibility index (Phi) is 8.52. The molecule has 0 fully saturated rings. The van der Waals surface area contributed by atoms with Gasteiger partial charge < -0.3 is 18.9 Å². The van der Waals surface area contributed by atoms with Crippen molar-refractivity contribution in [3.63, 3.8) is 0 Å². The highest BCUT2D eigenvalue weighted by Crippen LogP contribution is 2.39. The molecule has 0 aromatic heterocycles. The zero-order chi connectivity index (χ0) is 21.4. The first kappa shape index (κ1) is 22.8. The zero-order valence-corrected chi connectivity index (χ0v) is 18.3. The third-order valence-corrected chi connectivity index (χ3v) is 4.57. The standard InChI is InChI=1S/C24H32O5/c1-7-8-14-27-21-15-20(18(5)26-6)23(28-16(2)3)17(4)22(21)24(25)29-19-12-10-9-11-13-19/h9-13,15-16,18H,7-8,14H2,1-6H3. The summed E-state index contributed by atoms with van der Waals surface area (Å²) in [7, 11) is 1.65. The van der Waals surface area contributed by atoms with E-state index in [1.165, 1.54) is 0 Å². The molecule has 0 N–H and O–H groups in total. The molecule has 0 saturated heterocycles. The molecule has 0 spiro atoms. The van der Waals surface area contributed by atoms with Crippen molar-refractivity contribution in [2.24, 2.45) is 0 Å². The fraction of sp³-hybridized carbons (Fsp3) is 0.458. The Labute approximate surface area is 173 Å². The van der Waals surface area contributed by atoms with E-state index in [1.54, 1.807) is 19.2 Å². The maximum absolute atomic E-state index is 13.1. The van der Waals surface area contributed by atoms with Crippen molar-refractivity contribution in [3.8, 4) is 17.2 Å². The van der Waals surface area contributed by atoms with E-state index in [-0.39, 0.29) is 12.2 Å². The van der Waals surface area contributed by atoms with Crippen molar-refractivity contribution in [3.05, 3.63) is 53.1 Å². The Bertz CT molecular complexity index is 799. The summed E-state index contributed by atoms with van der Waals surface area (Å²) < 4.78 is 23.2. The van der Waals surface area contributed by atoms with E-state index in [4.69, 9.17) is 18.9 Å². The molecule has 1 atom stereocenters. The van der Waals surface area contributed by atoms with E-state index in [0.29, 0.717) is 35.0 Å². The number of benzene rings is 2. The van der Waals surface area contributed by atoms with E-state index < -0.39 is 5.97 Å². The first-order valence-electron chi connectivity index (χ1n) is 10.2. The molecular formula is C24H32O5. The predicted molar refractivity (Wildman–Crippen MR) is 114 cm³/mol. The van der Waals surface area contributed by atoms with Crippen LogP contribution in [-0.4, -0.2) is 25.8 Å². The molecule has 0 aliphatic heterocycles. The monoisotopic (exact) mass is 400 g/mol. The van der Waals surface area contributed by atoms with E-state index >= 15 is 0 Å². The van der Waals surface area contributed by atoms with Gasteiger partial charge >= 0.3 is 5.97 Å². The summed E-state index contributed by atoms with van der Waals surface area (Å²) in [5.74, 6) is 1.14. The molecule has 158 valence electrons. The average molecular weight is 401 g/mol. The van der Waals surface area contributed by atoms with Gasteiger partial charge in [0.2, 0.25) is 0 Å². The van der Waals surface area contributed by atoms with Crippen LogP contribution in [-0.2, 0) is 4.74 Å². The van der Waals surface area contributed by atoms with E-state index in [0.717, 1.165) is 18.4 Å². The van der Waals surface area contributed by atoms with Gasteiger partial charge in [-0.3, -0.25) is 0 Å². The van der Waals surface area contributed by atoms with Crippen LogP contribution in [0.15, 0.2) is 36.4 Å². The van der Waals surface area contributed by atoms with E-state index in [1.807, 2.05) is 52.0 Å². The maximum Gasteiger partial charge on any atom is 0.347 e. The lowest BCUT2D eigenvalue weighted by Crippen LogP contribution is -2.17. The van der Waals surface area contributed by atoms with Gasteiger partial charge in [-0.2, -0.15) is 0 Å². The molecule has 2 aromatic rings. The zero-order valence-electron chi connectivity index (χ0n) is 18.3. The molecule has 1 unspecified atom stereocenters. The number of carbonyl (C=O) groups is 1. The number of esters is 1. The number of methoxy groups -OCH3 is 1. The molecule has 0 aliphatic carbocycles. The fourth-order valence-corrected chi connectivity index (χ4v) is 2.96. The molecule has 0 saturated carbocycles. The Morgan fingerprint density at radius 2 is 1.79 bits per heavy atom. The molecule has 2 aromatic carbocycles. The van der Waals surface area contributed by atoms with Crippen LogP contribution in [0, 0.1) is 6.92 Å². The Balaban J connectivity index is 2.55. The van der Waals surface area contributed by atoms with Gasteiger partial charge in [-0.25, -0.2) is 4.79 Å². The predicted octanol–water partition coefficient (Wildman–Crippen LogP) is 5.89. The quantitative estimate of drug-likeness (QED) is 0.283. The molecule has 0 bridgehead atoms. The van der Waals surface area contributed by atoms with Crippen LogP contribution < -0.4 is 14.2 Å². The molecule has 0 radical (unpaired) electrons. The van der Waals surface area contributed by atoms with E-state index in [2.05, 4.69) is 6.92 Å². The lowest BCUT2D eigenvalue weighted by atomic mass is 9.98. The molecule has 5 nitrogen and oxygen atoms in total. The van der Waals surface area contributed by atoms with Crippen molar-refractivity contribution in [1.29, 1.82) is 0 Å². The Morgan fingerprint density at radius 1 is 1.10 bits per heavy atom. The number of unbranched alkanes of at least 4 members (excludes halogenated alkanes) is 1. The summed E-state index contributed by atoms with van der Waals surface area (Å²) in [4.78, 5) is 13.1. The number of hydrogen-bond acceptors (Lipinski definition) is 5. The highest BCUT2D eigenvalue weighted by molar-refractivity contribution is 5.96. The SMILES string of the molecule is CCCCOc1cc(C(C)OC)c(OC(C)C)c(C)c1C(=O)Oc1ccccc1. The highest BCUT2D eigenvalue weighted by atomic mass is 16.5. The first-order valence-corrected chi connectivity index (χ1v) is 10.2. The van der Waals surface area contributed by atoms with Gasteiger partial charge in [0.15, 0.2) is 0 Å². The number of para-hydroxylation sites is 1. The number of rotatable bonds is 10. The van der Waals surface area contributed by atoms with Gasteiger partial charge in [-0.15, -0.1) is 0 Å². The van der Waals surface area contributed by atoms with Gasteiger partial charge in [0, 0.05) is 18.2 Å². The lowest BCUT2D eigenvalue weighted by molar-refractivity contribution is 0.0727. The van der Waals surface area contributed by atoms with Crippen molar-refractivity contribution < 1.29 is 23.7 Å². The third kappa shape index (κ3) is 5.97. The average Bonchev–Trinajstić information content (AvgIpc) is 2.69. The van der Waals surface area contributed by atoms with Crippen LogP contribution >= 0.6 is 0 Å². The smallest absolute Gasteiger partial charge is 0.347 e. The van der Waals surface area contributed by atoms with Gasteiger partial charge in [-0.1, -0.05) is 31.5 Å². The Morgan fingerprint density at radius 3 is 2.38 bits per heavy atom. The van der Waals surface area contributed by atoms with Crippen molar-refractivity contribution >= 4 is 5.97 Å². The molecule has 5 heteroatoms. The molecule has 0 heterocycles. The number of carbonyl (C=O) groups excluding carboxylic acids is 1. The van der Waals surface area contributed by atoms with Crippen molar-refractivity contribution in [2.45, 2.75) is 59.7 Å². The van der Waals surface area contributed by atoms with Gasteiger partial charge in [0.1, 0.15) is 22.8 Å². The second-order valence-corrected chi connectivity index (χ2v) is 7.24. The van der Waals surface area contributed by atoms with Gasteiger partial charge in [0.25, 0.3) is 0 Å². The van der Waals surface area contributed by atoms with Crippen LogP contribution in [0.25, 0.3) is 0 Å². The van der Waals surface area contributed by atoms with Crippen molar-refractivity contribution in [2.75, 3.05) is 13.7 Å².